The van der Waals surface area contributed by atoms with Crippen molar-refractivity contribution >= 4 is 17.2 Å². The Labute approximate surface area is 113 Å². The maximum absolute atomic E-state index is 12.1. The lowest BCUT2D eigenvalue weighted by atomic mass is 10.0. The third-order valence-corrected chi connectivity index (χ3v) is 2.70. The Morgan fingerprint density at radius 3 is 2.10 bits per heavy atom. The van der Waals surface area contributed by atoms with Gasteiger partial charge in [-0.2, -0.15) is 0 Å². The maximum atomic E-state index is 12.1. The van der Waals surface area contributed by atoms with E-state index in [1.165, 1.54) is 18.2 Å². The van der Waals surface area contributed by atoms with E-state index in [9.17, 15) is 25.1 Å². The van der Waals surface area contributed by atoms with Gasteiger partial charge in [-0.15, -0.1) is 0 Å². The molecule has 2 rings (SSSR count). The van der Waals surface area contributed by atoms with E-state index in [0.29, 0.717) is 0 Å². The van der Waals surface area contributed by atoms with E-state index in [4.69, 9.17) is 5.73 Å². The topological polar surface area (TPSA) is 127 Å². The average Bonchev–Trinajstić information content (AvgIpc) is 2.37. The summed E-state index contributed by atoms with van der Waals surface area (Å²) in [7, 11) is 0. The Morgan fingerprint density at radius 1 is 1.05 bits per heavy atom. The summed E-state index contributed by atoms with van der Waals surface area (Å²) in [6.07, 6.45) is 0. The van der Waals surface area contributed by atoms with Gasteiger partial charge in [-0.05, 0) is 18.2 Å². The van der Waals surface area contributed by atoms with Crippen LogP contribution in [-0.2, 0) is 0 Å². The predicted molar refractivity (Wildman–Crippen MR) is 70.7 cm³/mol. The van der Waals surface area contributed by atoms with Crippen LogP contribution in [0.4, 0.5) is 11.4 Å². The Kier molecular flexibility index (Phi) is 3.26. The number of phenols is 2. The van der Waals surface area contributed by atoms with E-state index in [-0.39, 0.29) is 28.3 Å². The van der Waals surface area contributed by atoms with Gasteiger partial charge in [0.2, 0.25) is 0 Å². The second-order valence-electron chi connectivity index (χ2n) is 4.06. The summed E-state index contributed by atoms with van der Waals surface area (Å²) in [5.41, 5.74) is 5.21. The number of benzene rings is 2. The molecule has 0 atom stereocenters. The fraction of sp³-hybridized carbons (Fsp3) is 0. The van der Waals surface area contributed by atoms with Crippen LogP contribution in [0.5, 0.6) is 11.5 Å². The van der Waals surface area contributed by atoms with Crippen molar-refractivity contribution in [3.63, 3.8) is 0 Å². The van der Waals surface area contributed by atoms with Crippen molar-refractivity contribution in [1.29, 1.82) is 0 Å². The molecule has 0 aliphatic rings. The second-order valence-corrected chi connectivity index (χ2v) is 4.06. The lowest BCUT2D eigenvalue weighted by Crippen LogP contribution is -2.03. The molecule has 0 fully saturated rings. The number of ketones is 1. The van der Waals surface area contributed by atoms with Gasteiger partial charge < -0.3 is 15.9 Å². The molecule has 2 aromatic carbocycles. The van der Waals surface area contributed by atoms with Crippen LogP contribution in [0, 0.1) is 10.1 Å². The minimum atomic E-state index is -0.686. The van der Waals surface area contributed by atoms with Gasteiger partial charge in [0.05, 0.1) is 22.1 Å². The zero-order chi connectivity index (χ0) is 14.9. The minimum Gasteiger partial charge on any atom is -0.507 e. The van der Waals surface area contributed by atoms with Gasteiger partial charge in [-0.3, -0.25) is 14.9 Å². The molecule has 0 amide bonds. The van der Waals surface area contributed by atoms with Crippen molar-refractivity contribution in [1.82, 2.24) is 0 Å². The van der Waals surface area contributed by atoms with E-state index in [1.54, 1.807) is 0 Å². The number of nitrogens with two attached hydrogens (primary N) is 1. The Hall–Kier alpha value is -3.09. The first-order valence-electron chi connectivity index (χ1n) is 5.50. The Bertz CT molecular complexity index is 712. The molecule has 0 aliphatic heterocycles. The predicted octanol–water partition coefficient (Wildman–Crippen LogP) is 1.82. The standard InChI is InChI=1S/C13H10N2O5/c14-7-1-3-9(11(16)5-7)13(18)10-4-2-8(15(19)20)6-12(10)17/h1-6,16-17H,14H2. The van der Waals surface area contributed by atoms with Crippen LogP contribution in [0.1, 0.15) is 15.9 Å². The molecular weight excluding hydrogens is 264 g/mol. The third kappa shape index (κ3) is 2.37. The molecule has 0 spiro atoms. The highest BCUT2D eigenvalue weighted by atomic mass is 16.6. The summed E-state index contributed by atoms with van der Waals surface area (Å²) in [4.78, 5) is 22.0. The molecule has 0 bridgehead atoms. The molecule has 7 nitrogen and oxygen atoms in total. The van der Waals surface area contributed by atoms with E-state index < -0.39 is 16.5 Å². The highest BCUT2D eigenvalue weighted by Gasteiger charge is 2.19. The smallest absolute Gasteiger partial charge is 0.273 e. The number of hydrogen-bond acceptors (Lipinski definition) is 6. The molecule has 20 heavy (non-hydrogen) atoms. The van der Waals surface area contributed by atoms with Crippen molar-refractivity contribution in [3.8, 4) is 11.5 Å². The van der Waals surface area contributed by atoms with Crippen LogP contribution >= 0.6 is 0 Å². The normalized spacial score (nSPS) is 10.2. The average molecular weight is 274 g/mol. The fourth-order valence-corrected chi connectivity index (χ4v) is 1.71. The van der Waals surface area contributed by atoms with E-state index >= 15 is 0 Å². The molecule has 7 heteroatoms. The summed E-state index contributed by atoms with van der Waals surface area (Å²) in [6.45, 7) is 0. The number of nitrogens with zero attached hydrogens (tertiary/aromatic N) is 1. The fourth-order valence-electron chi connectivity index (χ4n) is 1.71. The van der Waals surface area contributed by atoms with Gasteiger partial charge in [0.25, 0.3) is 5.69 Å². The van der Waals surface area contributed by atoms with Gasteiger partial charge in [0.15, 0.2) is 5.78 Å². The lowest BCUT2D eigenvalue weighted by Gasteiger charge is -2.06. The van der Waals surface area contributed by atoms with Gasteiger partial charge in [-0.1, -0.05) is 0 Å². The van der Waals surface area contributed by atoms with Crippen LogP contribution in [0.2, 0.25) is 0 Å². The molecule has 0 radical (unpaired) electrons. The quantitative estimate of drug-likeness (QED) is 0.339. The highest BCUT2D eigenvalue weighted by Crippen LogP contribution is 2.29. The lowest BCUT2D eigenvalue weighted by molar-refractivity contribution is -0.384. The molecule has 0 aromatic heterocycles. The number of carbonyl (C=O) groups excluding carboxylic acids is 1. The Balaban J connectivity index is 2.46. The van der Waals surface area contributed by atoms with Crippen LogP contribution in [0.15, 0.2) is 36.4 Å². The summed E-state index contributed by atoms with van der Waals surface area (Å²) in [5, 5.41) is 29.9. The van der Waals surface area contributed by atoms with Crippen molar-refractivity contribution in [2.45, 2.75) is 0 Å². The SMILES string of the molecule is Nc1ccc(C(=O)c2ccc([N+](=O)[O-])cc2O)c(O)c1. The van der Waals surface area contributed by atoms with Crippen LogP contribution < -0.4 is 5.73 Å². The molecule has 0 aliphatic carbocycles. The number of aromatic hydroxyl groups is 2. The number of nitrogen functional groups attached to an aromatic ring is 1. The van der Waals surface area contributed by atoms with Crippen molar-refractivity contribution < 1.29 is 19.9 Å². The van der Waals surface area contributed by atoms with Gasteiger partial charge in [0.1, 0.15) is 11.5 Å². The van der Waals surface area contributed by atoms with Crippen LogP contribution in [0.3, 0.4) is 0 Å². The highest BCUT2D eigenvalue weighted by molar-refractivity contribution is 6.12. The monoisotopic (exact) mass is 274 g/mol. The Morgan fingerprint density at radius 2 is 1.60 bits per heavy atom. The number of non-ortho nitro benzene ring substituents is 1. The summed E-state index contributed by atoms with van der Waals surface area (Å²) in [6, 6.07) is 7.05. The number of anilines is 1. The van der Waals surface area contributed by atoms with Gasteiger partial charge in [-0.25, -0.2) is 0 Å². The second kappa shape index (κ2) is 4.88. The van der Waals surface area contributed by atoms with Crippen molar-refractivity contribution in [3.05, 3.63) is 57.6 Å². The van der Waals surface area contributed by atoms with E-state index in [2.05, 4.69) is 0 Å². The van der Waals surface area contributed by atoms with Crippen molar-refractivity contribution in [2.24, 2.45) is 0 Å². The number of carbonyl (C=O) groups is 1. The minimum absolute atomic E-state index is 0.0525. The molecule has 0 saturated carbocycles. The summed E-state index contributed by atoms with van der Waals surface area (Å²) >= 11 is 0. The maximum Gasteiger partial charge on any atom is 0.273 e. The first-order chi connectivity index (χ1) is 9.40. The van der Waals surface area contributed by atoms with E-state index in [0.717, 1.165) is 18.2 Å². The zero-order valence-corrected chi connectivity index (χ0v) is 10.1. The zero-order valence-electron chi connectivity index (χ0n) is 10.1. The molecule has 4 N–H and O–H groups in total. The van der Waals surface area contributed by atoms with Crippen LogP contribution in [0.25, 0.3) is 0 Å². The number of phenolic OH excluding ortho intramolecular Hbond substituents is 2. The summed E-state index contributed by atoms with van der Waals surface area (Å²) < 4.78 is 0. The molecule has 0 heterocycles. The first kappa shape index (κ1) is 13.3. The van der Waals surface area contributed by atoms with Gasteiger partial charge in [0, 0.05) is 17.8 Å². The number of hydrogen-bond donors (Lipinski definition) is 3. The molecule has 102 valence electrons. The first-order valence-corrected chi connectivity index (χ1v) is 5.50. The number of nitro groups is 1. The van der Waals surface area contributed by atoms with Gasteiger partial charge >= 0.3 is 0 Å². The van der Waals surface area contributed by atoms with E-state index in [1.807, 2.05) is 0 Å². The molecular formula is C13H10N2O5. The molecule has 0 saturated heterocycles. The summed E-state index contributed by atoms with van der Waals surface area (Å²) in [5.74, 6) is -1.51. The number of nitro benzene ring substituents is 1. The number of rotatable bonds is 3. The molecule has 2 aromatic rings. The van der Waals surface area contributed by atoms with Crippen LogP contribution in [-0.4, -0.2) is 20.9 Å². The third-order valence-electron chi connectivity index (χ3n) is 2.70. The largest absolute Gasteiger partial charge is 0.507 e. The van der Waals surface area contributed by atoms with Crippen molar-refractivity contribution in [2.75, 3.05) is 5.73 Å². The molecule has 0 unspecified atom stereocenters.